The topological polar surface area (TPSA) is 0 Å². The molecule has 2 aromatic carbocycles. The largest absolute Gasteiger partial charge is 0.122 e. The molecule has 0 saturated carbocycles. The second-order valence-electron chi connectivity index (χ2n) is 3.90. The highest BCUT2D eigenvalue weighted by molar-refractivity contribution is 6.19. The van der Waals surface area contributed by atoms with E-state index in [-0.39, 0.29) is 0 Å². The van der Waals surface area contributed by atoms with Gasteiger partial charge in [0.1, 0.15) is 0 Å². The highest BCUT2D eigenvalue weighted by Gasteiger charge is 1.96. The first kappa shape index (κ1) is 11.2. The van der Waals surface area contributed by atoms with E-state index in [9.17, 15) is 0 Å². The molecule has 16 heavy (non-hydrogen) atoms. The first-order valence-electron chi connectivity index (χ1n) is 5.57. The van der Waals surface area contributed by atoms with Crippen molar-refractivity contribution in [1.82, 2.24) is 0 Å². The predicted molar refractivity (Wildman–Crippen MR) is 72.9 cm³/mol. The van der Waals surface area contributed by atoms with Crippen molar-refractivity contribution in [2.45, 2.75) is 13.3 Å². The van der Waals surface area contributed by atoms with Crippen molar-refractivity contribution in [3.05, 3.63) is 53.6 Å². The second-order valence-corrected chi connectivity index (χ2v) is 4.16. The molecule has 0 atom stereocenters. The molecule has 0 aliphatic carbocycles. The molecule has 0 N–H and O–H groups in total. The number of allylic oxidation sites excluding steroid dienone is 1. The Balaban J connectivity index is 2.43. The minimum atomic E-state index is 0.614. The van der Waals surface area contributed by atoms with Crippen molar-refractivity contribution in [2.24, 2.45) is 0 Å². The molecule has 0 aromatic heterocycles. The van der Waals surface area contributed by atoms with Crippen molar-refractivity contribution in [3.8, 4) is 0 Å². The number of rotatable bonds is 3. The van der Waals surface area contributed by atoms with E-state index in [0.29, 0.717) is 5.88 Å². The van der Waals surface area contributed by atoms with E-state index in [0.717, 1.165) is 6.42 Å². The minimum Gasteiger partial charge on any atom is -0.122 e. The zero-order chi connectivity index (χ0) is 11.4. The lowest BCUT2D eigenvalue weighted by molar-refractivity contribution is 1.12. The molecule has 0 nitrogen and oxygen atoms in total. The summed E-state index contributed by atoms with van der Waals surface area (Å²) in [5, 5.41) is 2.56. The Bertz CT molecular complexity index is 506. The zero-order valence-electron chi connectivity index (χ0n) is 9.41. The van der Waals surface area contributed by atoms with Gasteiger partial charge in [-0.3, -0.25) is 0 Å². The number of alkyl halides is 1. The highest BCUT2D eigenvalue weighted by atomic mass is 35.5. The molecule has 0 aliphatic rings. The normalized spacial score (nSPS) is 12.0. The summed E-state index contributed by atoms with van der Waals surface area (Å²) < 4.78 is 0. The van der Waals surface area contributed by atoms with Crippen LogP contribution in [0, 0.1) is 0 Å². The minimum absolute atomic E-state index is 0.614. The van der Waals surface area contributed by atoms with Gasteiger partial charge >= 0.3 is 0 Å². The van der Waals surface area contributed by atoms with Crippen LogP contribution in [0.4, 0.5) is 0 Å². The third kappa shape index (κ3) is 2.45. The van der Waals surface area contributed by atoms with Crippen molar-refractivity contribution >= 4 is 28.4 Å². The summed E-state index contributed by atoms with van der Waals surface area (Å²) in [6.07, 6.45) is 3.19. The van der Waals surface area contributed by atoms with Gasteiger partial charge in [0.2, 0.25) is 0 Å². The predicted octanol–water partition coefficient (Wildman–Crippen LogP) is 4.87. The Morgan fingerprint density at radius 2 is 1.88 bits per heavy atom. The molecule has 0 amide bonds. The van der Waals surface area contributed by atoms with Gasteiger partial charge in [-0.15, -0.1) is 11.6 Å². The van der Waals surface area contributed by atoms with E-state index in [1.54, 1.807) is 0 Å². The van der Waals surface area contributed by atoms with Gasteiger partial charge in [0.15, 0.2) is 0 Å². The first-order valence-corrected chi connectivity index (χ1v) is 6.11. The summed E-state index contributed by atoms with van der Waals surface area (Å²) in [7, 11) is 0. The Morgan fingerprint density at radius 1 is 1.12 bits per heavy atom. The van der Waals surface area contributed by atoms with Crippen molar-refractivity contribution in [1.29, 1.82) is 0 Å². The fraction of sp³-hybridized carbons (Fsp3) is 0.200. The second kappa shape index (κ2) is 5.18. The third-order valence-electron chi connectivity index (χ3n) is 2.77. The van der Waals surface area contributed by atoms with Crippen LogP contribution in [0.5, 0.6) is 0 Å². The van der Waals surface area contributed by atoms with Crippen molar-refractivity contribution in [2.75, 3.05) is 5.88 Å². The quantitative estimate of drug-likeness (QED) is 0.660. The van der Waals surface area contributed by atoms with E-state index >= 15 is 0 Å². The molecule has 0 unspecified atom stereocenters. The molecule has 0 heterocycles. The molecule has 0 radical (unpaired) electrons. The van der Waals surface area contributed by atoms with Gasteiger partial charge in [0.25, 0.3) is 0 Å². The molecule has 0 aliphatic heterocycles. The molecule has 0 saturated heterocycles. The first-order chi connectivity index (χ1) is 7.83. The van der Waals surface area contributed by atoms with Crippen molar-refractivity contribution in [3.63, 3.8) is 0 Å². The number of hydrogen-bond donors (Lipinski definition) is 0. The van der Waals surface area contributed by atoms with Crippen LogP contribution in [0.1, 0.15) is 18.9 Å². The van der Waals surface area contributed by atoms with E-state index in [1.807, 2.05) is 0 Å². The van der Waals surface area contributed by atoms with Crippen LogP contribution in [-0.2, 0) is 0 Å². The molecule has 0 spiro atoms. The summed E-state index contributed by atoms with van der Waals surface area (Å²) >= 11 is 5.87. The van der Waals surface area contributed by atoms with Gasteiger partial charge < -0.3 is 0 Å². The highest BCUT2D eigenvalue weighted by Crippen LogP contribution is 2.18. The molecular formula is C15H15Cl. The lowest BCUT2D eigenvalue weighted by atomic mass is 10.0. The molecule has 1 heteroatoms. The number of hydrogen-bond acceptors (Lipinski definition) is 0. The Morgan fingerprint density at radius 3 is 2.56 bits per heavy atom. The average Bonchev–Trinajstić information content (AvgIpc) is 2.35. The zero-order valence-corrected chi connectivity index (χ0v) is 10.2. The van der Waals surface area contributed by atoms with Crippen LogP contribution < -0.4 is 0 Å². The Hall–Kier alpha value is -1.27. The molecule has 2 rings (SSSR count). The fourth-order valence-corrected chi connectivity index (χ4v) is 2.03. The van der Waals surface area contributed by atoms with Crippen LogP contribution >= 0.6 is 11.6 Å². The number of fused-ring (bicyclic) bond motifs is 1. The Kier molecular flexibility index (Phi) is 3.63. The van der Waals surface area contributed by atoms with Gasteiger partial charge in [-0.05, 0) is 28.8 Å². The lowest BCUT2D eigenvalue weighted by Crippen LogP contribution is -1.83. The van der Waals surface area contributed by atoms with E-state index < -0.39 is 0 Å². The van der Waals surface area contributed by atoms with E-state index in [2.05, 4.69) is 55.5 Å². The number of halogens is 1. The van der Waals surface area contributed by atoms with E-state index in [1.165, 1.54) is 21.9 Å². The van der Waals surface area contributed by atoms with Gasteiger partial charge in [0.05, 0.1) is 0 Å². The molecular weight excluding hydrogens is 216 g/mol. The smallest absolute Gasteiger partial charge is 0.0436 e. The fourth-order valence-electron chi connectivity index (χ4n) is 1.77. The summed E-state index contributed by atoms with van der Waals surface area (Å²) in [5.74, 6) is 0.614. The van der Waals surface area contributed by atoms with Crippen LogP contribution in [0.3, 0.4) is 0 Å². The monoisotopic (exact) mass is 230 g/mol. The molecule has 82 valence electrons. The molecule has 0 bridgehead atoms. The van der Waals surface area contributed by atoms with Crippen molar-refractivity contribution < 1.29 is 0 Å². The third-order valence-corrected chi connectivity index (χ3v) is 3.11. The molecule has 0 fully saturated rings. The van der Waals surface area contributed by atoms with Crippen LogP contribution in [0.2, 0.25) is 0 Å². The summed E-state index contributed by atoms with van der Waals surface area (Å²) in [4.78, 5) is 0. The van der Waals surface area contributed by atoms with Gasteiger partial charge in [0, 0.05) is 5.88 Å². The standard InChI is InChI=1S/C15H15Cl/c1-2-12(11-16)9-13-7-8-14-5-3-4-6-15(14)10-13/h3-10H,2,11H2,1H3. The lowest BCUT2D eigenvalue weighted by Gasteiger charge is -2.02. The number of benzene rings is 2. The van der Waals surface area contributed by atoms with Gasteiger partial charge in [-0.2, -0.15) is 0 Å². The van der Waals surface area contributed by atoms with Gasteiger partial charge in [-0.25, -0.2) is 0 Å². The average molecular weight is 231 g/mol. The maximum Gasteiger partial charge on any atom is 0.0436 e. The summed E-state index contributed by atoms with van der Waals surface area (Å²) in [6.45, 7) is 2.13. The molecule has 2 aromatic rings. The summed E-state index contributed by atoms with van der Waals surface area (Å²) in [5.41, 5.74) is 2.51. The Labute approximate surface area is 102 Å². The van der Waals surface area contributed by atoms with Crippen LogP contribution in [-0.4, -0.2) is 5.88 Å². The maximum absolute atomic E-state index is 5.87. The van der Waals surface area contributed by atoms with Crippen LogP contribution in [0.15, 0.2) is 48.0 Å². The summed E-state index contributed by atoms with van der Waals surface area (Å²) in [6, 6.07) is 14.9. The SMILES string of the molecule is CCC(=Cc1ccc2ccccc2c1)CCl. The maximum atomic E-state index is 5.87. The van der Waals surface area contributed by atoms with Gasteiger partial charge in [-0.1, -0.05) is 55.0 Å². The van der Waals surface area contributed by atoms with E-state index in [4.69, 9.17) is 11.6 Å². The van der Waals surface area contributed by atoms with Crippen LogP contribution in [0.25, 0.3) is 16.8 Å².